The first kappa shape index (κ1) is 21.4. The molecule has 0 fully saturated rings. The highest BCUT2D eigenvalue weighted by atomic mass is 32.2. The van der Waals surface area contributed by atoms with Crippen molar-refractivity contribution in [1.29, 1.82) is 0 Å². The number of carbonyl (C=O) groups excluding carboxylic acids is 1. The van der Waals surface area contributed by atoms with Crippen LogP contribution in [-0.2, 0) is 33.0 Å². The topological polar surface area (TPSA) is 128 Å². The first-order valence-electron chi connectivity index (χ1n) is 8.90. The van der Waals surface area contributed by atoms with E-state index < -0.39 is 9.84 Å². The zero-order chi connectivity index (χ0) is 21.9. The molecule has 0 spiro atoms. The average Bonchev–Trinajstić information content (AvgIpc) is 3.07. The first-order chi connectivity index (χ1) is 14.2. The minimum Gasteiger partial charge on any atom is -0.380 e. The van der Waals surface area contributed by atoms with Crippen molar-refractivity contribution in [3.8, 4) is 11.3 Å². The van der Waals surface area contributed by atoms with Crippen molar-refractivity contribution in [3.63, 3.8) is 0 Å². The van der Waals surface area contributed by atoms with E-state index in [9.17, 15) is 13.2 Å². The van der Waals surface area contributed by atoms with Crippen LogP contribution in [0.2, 0.25) is 0 Å². The standard InChI is InChI=1S/C19H22N6O4S/c1-12(26)21-17-9-16(14(10-20-17)15-5-6-25(2)24-15)22-18-7-13(11-29-3)8-19(23-18)30(4,27)28/h5-10H,11H2,1-4H3,(H2,20,21,22,23,26). The summed E-state index contributed by atoms with van der Waals surface area (Å²) in [6, 6.07) is 6.62. The Morgan fingerprint density at radius 3 is 2.60 bits per heavy atom. The molecule has 3 aromatic heterocycles. The molecule has 10 nitrogen and oxygen atoms in total. The number of nitrogens with one attached hydrogen (secondary N) is 2. The largest absolute Gasteiger partial charge is 0.380 e. The minimum absolute atomic E-state index is 0.0740. The van der Waals surface area contributed by atoms with Gasteiger partial charge in [0.05, 0.1) is 18.0 Å². The number of anilines is 3. The Hall–Kier alpha value is -3.31. The van der Waals surface area contributed by atoms with Gasteiger partial charge in [0.2, 0.25) is 5.91 Å². The summed E-state index contributed by atoms with van der Waals surface area (Å²) in [5.41, 5.74) is 2.50. The predicted molar refractivity (Wildman–Crippen MR) is 112 cm³/mol. The molecular formula is C19H22N6O4S. The predicted octanol–water partition coefficient (Wildman–Crippen LogP) is 2.13. The van der Waals surface area contributed by atoms with E-state index in [-0.39, 0.29) is 17.5 Å². The monoisotopic (exact) mass is 430 g/mol. The zero-order valence-electron chi connectivity index (χ0n) is 17.0. The number of rotatable bonds is 7. The molecule has 11 heteroatoms. The van der Waals surface area contributed by atoms with Crippen molar-refractivity contribution in [2.45, 2.75) is 18.6 Å². The normalized spacial score (nSPS) is 11.3. The van der Waals surface area contributed by atoms with Crippen molar-refractivity contribution in [3.05, 3.63) is 42.2 Å². The third-order valence-corrected chi connectivity index (χ3v) is 4.98. The molecule has 158 valence electrons. The number of hydrogen-bond acceptors (Lipinski definition) is 8. The number of nitrogens with zero attached hydrogens (tertiary/aromatic N) is 4. The fourth-order valence-electron chi connectivity index (χ4n) is 2.77. The maximum absolute atomic E-state index is 12.1. The zero-order valence-corrected chi connectivity index (χ0v) is 17.8. The van der Waals surface area contributed by atoms with Crippen LogP contribution in [0.15, 0.2) is 41.7 Å². The van der Waals surface area contributed by atoms with Gasteiger partial charge in [-0.3, -0.25) is 9.48 Å². The number of pyridine rings is 2. The molecule has 3 rings (SSSR count). The number of sulfone groups is 1. The van der Waals surface area contributed by atoms with E-state index in [1.165, 1.54) is 20.1 Å². The minimum atomic E-state index is -3.53. The van der Waals surface area contributed by atoms with Gasteiger partial charge >= 0.3 is 0 Å². The summed E-state index contributed by atoms with van der Waals surface area (Å²) < 4.78 is 30.9. The summed E-state index contributed by atoms with van der Waals surface area (Å²) in [5.74, 6) is 0.377. The summed E-state index contributed by atoms with van der Waals surface area (Å²) in [6.45, 7) is 1.61. The molecule has 3 heterocycles. The van der Waals surface area contributed by atoms with E-state index in [0.29, 0.717) is 34.1 Å². The molecule has 0 bridgehead atoms. The van der Waals surface area contributed by atoms with E-state index in [4.69, 9.17) is 4.74 Å². The van der Waals surface area contributed by atoms with Crippen LogP contribution in [0.25, 0.3) is 11.3 Å². The number of hydrogen-bond donors (Lipinski definition) is 2. The number of aryl methyl sites for hydroxylation is 1. The SMILES string of the molecule is COCc1cc(Nc2cc(NC(C)=O)ncc2-c2ccn(C)n2)nc(S(C)(=O)=O)c1. The Bertz CT molecular complexity index is 1190. The summed E-state index contributed by atoms with van der Waals surface area (Å²) >= 11 is 0. The van der Waals surface area contributed by atoms with E-state index in [1.807, 2.05) is 6.07 Å². The van der Waals surface area contributed by atoms with E-state index >= 15 is 0 Å². The van der Waals surface area contributed by atoms with Crippen molar-refractivity contribution in [2.75, 3.05) is 24.0 Å². The second-order valence-corrected chi connectivity index (χ2v) is 8.66. The van der Waals surface area contributed by atoms with Gasteiger partial charge in [-0.25, -0.2) is 18.4 Å². The lowest BCUT2D eigenvalue weighted by Gasteiger charge is -2.14. The Balaban J connectivity index is 2.09. The highest BCUT2D eigenvalue weighted by Crippen LogP contribution is 2.31. The summed E-state index contributed by atoms with van der Waals surface area (Å²) in [7, 11) is -0.214. The van der Waals surface area contributed by atoms with Crippen molar-refractivity contribution < 1.29 is 17.9 Å². The quantitative estimate of drug-likeness (QED) is 0.583. The van der Waals surface area contributed by atoms with Gasteiger partial charge in [0, 0.05) is 51.4 Å². The molecule has 0 aliphatic heterocycles. The van der Waals surface area contributed by atoms with Crippen LogP contribution < -0.4 is 10.6 Å². The van der Waals surface area contributed by atoms with Gasteiger partial charge in [-0.05, 0) is 23.8 Å². The van der Waals surface area contributed by atoms with Crippen LogP contribution in [-0.4, -0.2) is 47.4 Å². The maximum Gasteiger partial charge on any atom is 0.222 e. The molecule has 3 aromatic rings. The second kappa shape index (κ2) is 8.59. The summed E-state index contributed by atoms with van der Waals surface area (Å²) in [5, 5.41) is 10.1. The maximum atomic E-state index is 12.1. The van der Waals surface area contributed by atoms with Gasteiger partial charge in [-0.15, -0.1) is 0 Å². The van der Waals surface area contributed by atoms with Gasteiger partial charge in [0.15, 0.2) is 14.9 Å². The first-order valence-corrected chi connectivity index (χ1v) is 10.8. The third kappa shape index (κ3) is 5.19. The van der Waals surface area contributed by atoms with Gasteiger partial charge in [-0.1, -0.05) is 0 Å². The van der Waals surface area contributed by atoms with Crippen molar-refractivity contribution in [1.82, 2.24) is 19.7 Å². The van der Waals surface area contributed by atoms with E-state index in [1.54, 1.807) is 36.3 Å². The molecule has 0 saturated carbocycles. The molecule has 0 aromatic carbocycles. The second-order valence-electron chi connectivity index (χ2n) is 6.70. The highest BCUT2D eigenvalue weighted by Gasteiger charge is 2.15. The number of methoxy groups -OCH3 is 1. The van der Waals surface area contributed by atoms with Crippen LogP contribution in [0.3, 0.4) is 0 Å². The smallest absolute Gasteiger partial charge is 0.222 e. The molecule has 0 aliphatic carbocycles. The molecule has 0 unspecified atom stereocenters. The van der Waals surface area contributed by atoms with Crippen LogP contribution >= 0.6 is 0 Å². The lowest BCUT2D eigenvalue weighted by Crippen LogP contribution is -2.09. The molecule has 0 atom stereocenters. The summed E-state index contributed by atoms with van der Waals surface area (Å²) in [4.78, 5) is 19.9. The Labute approximate surface area is 174 Å². The number of carbonyl (C=O) groups is 1. The van der Waals surface area contributed by atoms with Crippen LogP contribution in [0.1, 0.15) is 12.5 Å². The van der Waals surface area contributed by atoms with Crippen molar-refractivity contribution >= 4 is 33.1 Å². The fourth-order valence-corrected chi connectivity index (χ4v) is 3.40. The average molecular weight is 430 g/mol. The lowest BCUT2D eigenvalue weighted by atomic mass is 10.1. The third-order valence-electron chi connectivity index (χ3n) is 4.01. The van der Waals surface area contributed by atoms with Crippen LogP contribution in [0.5, 0.6) is 0 Å². The van der Waals surface area contributed by atoms with Crippen LogP contribution in [0, 0.1) is 0 Å². The molecule has 0 aliphatic rings. The number of amides is 1. The molecule has 0 radical (unpaired) electrons. The fraction of sp³-hybridized carbons (Fsp3) is 0.263. The number of ether oxygens (including phenoxy) is 1. The lowest BCUT2D eigenvalue weighted by molar-refractivity contribution is -0.114. The molecule has 1 amide bonds. The van der Waals surface area contributed by atoms with Gasteiger partial charge in [0.1, 0.15) is 11.6 Å². The molecule has 30 heavy (non-hydrogen) atoms. The Morgan fingerprint density at radius 2 is 2.00 bits per heavy atom. The Kier molecular flexibility index (Phi) is 6.13. The summed E-state index contributed by atoms with van der Waals surface area (Å²) in [6.07, 6.45) is 4.46. The van der Waals surface area contributed by atoms with Gasteiger partial charge < -0.3 is 15.4 Å². The molecular weight excluding hydrogens is 408 g/mol. The highest BCUT2D eigenvalue weighted by molar-refractivity contribution is 7.90. The molecule has 2 N–H and O–H groups in total. The van der Waals surface area contributed by atoms with Crippen LogP contribution in [0.4, 0.5) is 17.3 Å². The molecule has 0 saturated heterocycles. The Morgan fingerprint density at radius 1 is 1.23 bits per heavy atom. The van der Waals surface area contributed by atoms with Gasteiger partial charge in [0.25, 0.3) is 0 Å². The number of aromatic nitrogens is 4. The van der Waals surface area contributed by atoms with Gasteiger partial charge in [-0.2, -0.15) is 5.10 Å². The van der Waals surface area contributed by atoms with Crippen molar-refractivity contribution in [2.24, 2.45) is 7.05 Å². The van der Waals surface area contributed by atoms with E-state index in [2.05, 4.69) is 25.7 Å². The van der Waals surface area contributed by atoms with E-state index in [0.717, 1.165) is 6.26 Å².